The molecule has 0 saturated heterocycles. The molecule has 0 radical (unpaired) electrons. The molecule has 1 aromatic carbocycles. The van der Waals surface area contributed by atoms with Crippen molar-refractivity contribution in [2.45, 2.75) is 26.3 Å². The lowest BCUT2D eigenvalue weighted by Crippen LogP contribution is -2.28. The van der Waals surface area contributed by atoms with Gasteiger partial charge >= 0.3 is 24.8 Å². The van der Waals surface area contributed by atoms with Gasteiger partial charge in [-0.2, -0.15) is 26.9 Å². The summed E-state index contributed by atoms with van der Waals surface area (Å²) in [7, 11) is 1.71. The van der Waals surface area contributed by atoms with E-state index in [1.165, 1.54) is 16.8 Å². The minimum Gasteiger partial charge on any atom is -0.475 e. The van der Waals surface area contributed by atoms with Crippen LogP contribution < -0.4 is 15.4 Å². The Hall–Kier alpha value is -3.45. The lowest BCUT2D eigenvalue weighted by Gasteiger charge is -2.08. The first-order valence-corrected chi connectivity index (χ1v) is 7.65. The number of hydrogen-bond donors (Lipinski definition) is 3. The summed E-state index contributed by atoms with van der Waals surface area (Å²) in [4.78, 5) is 24.6. The van der Waals surface area contributed by atoms with Gasteiger partial charge in [0, 0.05) is 13.6 Å². The van der Waals surface area contributed by atoms with Gasteiger partial charge in [0.2, 0.25) is 5.95 Å². The Bertz CT molecular complexity index is 821. The maximum Gasteiger partial charge on any atom is 0.490 e. The van der Waals surface area contributed by atoms with Crippen LogP contribution in [0.15, 0.2) is 24.3 Å². The number of amides is 2. The molecule has 9 nitrogen and oxygen atoms in total. The van der Waals surface area contributed by atoms with Crippen molar-refractivity contribution in [1.29, 1.82) is 0 Å². The number of hydrogen-bond acceptors (Lipinski definition) is 5. The fourth-order valence-corrected chi connectivity index (χ4v) is 1.68. The second kappa shape index (κ2) is 10.2. The number of aliphatic carboxylic acids is 1. The van der Waals surface area contributed by atoms with E-state index in [-0.39, 0.29) is 18.2 Å². The zero-order chi connectivity index (χ0) is 22.2. The van der Waals surface area contributed by atoms with E-state index in [0.29, 0.717) is 11.4 Å². The van der Waals surface area contributed by atoms with Crippen LogP contribution in [0.5, 0.6) is 5.75 Å². The number of urea groups is 1. The Kier molecular flexibility index (Phi) is 8.29. The van der Waals surface area contributed by atoms with Crippen molar-refractivity contribution in [3.63, 3.8) is 0 Å². The highest BCUT2D eigenvalue weighted by Gasteiger charge is 2.38. The Labute approximate surface area is 160 Å². The van der Waals surface area contributed by atoms with Gasteiger partial charge in [0.25, 0.3) is 0 Å². The van der Waals surface area contributed by atoms with Crippen LogP contribution in [0.25, 0.3) is 0 Å². The zero-order valence-electron chi connectivity index (χ0n) is 15.0. The lowest BCUT2D eigenvalue weighted by atomic mass is 10.2. The minimum absolute atomic E-state index is 0.0386. The molecule has 0 aliphatic carbocycles. The first-order valence-electron chi connectivity index (χ1n) is 7.65. The van der Waals surface area contributed by atoms with Crippen LogP contribution in [0.4, 0.5) is 32.7 Å². The van der Waals surface area contributed by atoms with Gasteiger partial charge in [-0.25, -0.2) is 9.59 Å². The van der Waals surface area contributed by atoms with Gasteiger partial charge in [-0.1, -0.05) is 12.1 Å². The van der Waals surface area contributed by atoms with E-state index < -0.39 is 24.8 Å². The summed E-state index contributed by atoms with van der Waals surface area (Å²) in [5, 5.41) is 16.2. The first-order chi connectivity index (χ1) is 13.4. The fourth-order valence-electron chi connectivity index (χ4n) is 1.68. The van der Waals surface area contributed by atoms with Crippen molar-refractivity contribution in [2.75, 3.05) is 5.32 Å². The van der Waals surface area contributed by atoms with E-state index >= 15 is 0 Å². The number of ether oxygens (including phenoxy) is 1. The Morgan fingerprint density at radius 2 is 1.93 bits per heavy atom. The highest BCUT2D eigenvalue weighted by Crippen LogP contribution is 2.16. The van der Waals surface area contributed by atoms with E-state index in [4.69, 9.17) is 9.90 Å². The maximum atomic E-state index is 12.1. The van der Waals surface area contributed by atoms with Gasteiger partial charge in [-0.3, -0.25) is 10.00 Å². The van der Waals surface area contributed by atoms with Crippen molar-refractivity contribution in [1.82, 2.24) is 20.1 Å². The quantitative estimate of drug-likeness (QED) is 0.634. The third kappa shape index (κ3) is 8.85. The van der Waals surface area contributed by atoms with Gasteiger partial charge in [-0.15, -0.1) is 5.10 Å². The highest BCUT2D eigenvalue weighted by molar-refractivity contribution is 5.87. The number of carboxylic acid groups (broad SMARTS) is 1. The number of carbonyl (C=O) groups is 2. The first kappa shape index (κ1) is 23.6. The number of anilines is 1. The average molecular weight is 425 g/mol. The van der Waals surface area contributed by atoms with Gasteiger partial charge in [0.05, 0.1) is 0 Å². The number of nitrogens with zero attached hydrogens (tertiary/aromatic N) is 3. The molecule has 1 heterocycles. The van der Waals surface area contributed by atoms with Crippen LogP contribution in [0, 0.1) is 6.92 Å². The largest absolute Gasteiger partial charge is 0.490 e. The molecule has 0 saturated carbocycles. The molecule has 2 aromatic rings. The van der Waals surface area contributed by atoms with Gasteiger partial charge in [0.1, 0.15) is 11.6 Å². The molecular weight excluding hydrogens is 409 g/mol. The number of halogens is 5. The van der Waals surface area contributed by atoms with Crippen LogP contribution in [0.1, 0.15) is 11.4 Å². The van der Waals surface area contributed by atoms with Crippen LogP contribution in [0.2, 0.25) is 0 Å². The summed E-state index contributed by atoms with van der Waals surface area (Å²) < 4.78 is 61.8. The van der Waals surface area contributed by atoms with E-state index in [0.717, 1.165) is 0 Å². The molecule has 0 unspecified atom stereocenters. The van der Waals surface area contributed by atoms with Gasteiger partial charge in [0.15, 0.2) is 0 Å². The number of benzene rings is 1. The average Bonchev–Trinajstić information content (AvgIpc) is 2.90. The van der Waals surface area contributed by atoms with E-state index in [1.807, 2.05) is 0 Å². The summed E-state index contributed by atoms with van der Waals surface area (Å²) in [6.45, 7) is -0.979. The molecular formula is C15H16F5N5O4. The number of alkyl halides is 5. The molecule has 1 aromatic heterocycles. The number of rotatable bonds is 5. The molecule has 0 spiro atoms. The maximum absolute atomic E-state index is 12.1. The summed E-state index contributed by atoms with van der Waals surface area (Å²) in [6.07, 6.45) is -5.08. The van der Waals surface area contributed by atoms with Crippen molar-refractivity contribution in [3.05, 3.63) is 35.7 Å². The SMILES string of the molecule is Cc1nc(NC(=O)NCc2cccc(OC(F)F)c2)nn1C.O=C(O)C(F)(F)F. The summed E-state index contributed by atoms with van der Waals surface area (Å²) in [5.74, 6) is -1.87. The summed E-state index contributed by atoms with van der Waals surface area (Å²) >= 11 is 0. The molecule has 2 rings (SSSR count). The predicted octanol–water partition coefficient (Wildman–Crippen LogP) is 2.68. The number of carboxylic acids is 1. The zero-order valence-corrected chi connectivity index (χ0v) is 15.0. The summed E-state index contributed by atoms with van der Waals surface area (Å²) in [6, 6.07) is 5.59. The Morgan fingerprint density at radius 3 is 2.41 bits per heavy atom. The number of carbonyl (C=O) groups excluding carboxylic acids is 1. The number of nitrogens with one attached hydrogen (secondary N) is 2. The van der Waals surface area contributed by atoms with Crippen molar-refractivity contribution in [3.8, 4) is 5.75 Å². The third-order valence-electron chi connectivity index (χ3n) is 3.03. The molecule has 29 heavy (non-hydrogen) atoms. The third-order valence-corrected chi connectivity index (χ3v) is 3.03. The predicted molar refractivity (Wildman–Crippen MR) is 88.4 cm³/mol. The molecule has 0 aliphatic rings. The van der Waals surface area contributed by atoms with Crippen LogP contribution in [0.3, 0.4) is 0 Å². The van der Waals surface area contributed by atoms with Crippen molar-refractivity contribution < 1.29 is 41.4 Å². The van der Waals surface area contributed by atoms with Crippen molar-refractivity contribution >= 4 is 17.9 Å². The number of aromatic nitrogens is 3. The van der Waals surface area contributed by atoms with Gasteiger partial charge < -0.3 is 15.2 Å². The molecule has 0 fully saturated rings. The Morgan fingerprint density at radius 1 is 1.31 bits per heavy atom. The highest BCUT2D eigenvalue weighted by atomic mass is 19.4. The Balaban J connectivity index is 0.000000516. The molecule has 0 aliphatic heterocycles. The minimum atomic E-state index is -5.08. The molecule has 3 N–H and O–H groups in total. The fraction of sp³-hybridized carbons (Fsp3) is 0.333. The van der Waals surface area contributed by atoms with Gasteiger partial charge in [-0.05, 0) is 24.6 Å². The topological polar surface area (TPSA) is 118 Å². The molecule has 160 valence electrons. The molecule has 0 atom stereocenters. The molecule has 14 heteroatoms. The second-order valence-electron chi connectivity index (χ2n) is 5.24. The van der Waals surface area contributed by atoms with Crippen molar-refractivity contribution in [2.24, 2.45) is 7.05 Å². The summed E-state index contributed by atoms with van der Waals surface area (Å²) in [5.41, 5.74) is 0.624. The van der Waals surface area contributed by atoms with Crippen LogP contribution >= 0.6 is 0 Å². The lowest BCUT2D eigenvalue weighted by molar-refractivity contribution is -0.192. The standard InChI is InChI=1S/C13H15F2N5O2.C2HF3O2/c1-8-17-12(19-20(8)2)18-13(21)16-7-9-4-3-5-10(6-9)22-11(14)15;3-2(4,5)1(6)7/h3-6,11H,7H2,1-2H3,(H2,16,18,19,21);(H,6,7). The monoisotopic (exact) mass is 425 g/mol. The van der Waals surface area contributed by atoms with Crippen LogP contribution in [-0.2, 0) is 18.4 Å². The van der Waals surface area contributed by atoms with E-state index in [9.17, 15) is 26.7 Å². The van der Waals surface area contributed by atoms with Crippen LogP contribution in [-0.4, -0.2) is 44.7 Å². The van der Waals surface area contributed by atoms with E-state index in [1.54, 1.807) is 26.1 Å². The molecule has 2 amide bonds. The van der Waals surface area contributed by atoms with E-state index in [2.05, 4.69) is 25.5 Å². The number of aryl methyl sites for hydroxylation is 2. The molecule has 0 bridgehead atoms. The smallest absolute Gasteiger partial charge is 0.475 e. The normalized spacial score (nSPS) is 10.8. The second-order valence-corrected chi connectivity index (χ2v) is 5.24.